The number of carboxylic acid groups (broad SMARTS) is 1. The maximum absolute atomic E-state index is 10.9. The van der Waals surface area contributed by atoms with Crippen LogP contribution in [0.25, 0.3) is 0 Å². The molecule has 17 heavy (non-hydrogen) atoms. The quantitative estimate of drug-likeness (QED) is 0.688. The first-order chi connectivity index (χ1) is 8.13. The van der Waals surface area contributed by atoms with E-state index in [1.807, 2.05) is 11.8 Å². The predicted octanol–water partition coefficient (Wildman–Crippen LogP) is 1.07. The monoisotopic (exact) mass is 258 g/mol. The van der Waals surface area contributed by atoms with E-state index in [4.69, 9.17) is 5.11 Å². The van der Waals surface area contributed by atoms with Crippen molar-refractivity contribution < 1.29 is 9.90 Å². The van der Waals surface area contributed by atoms with Crippen molar-refractivity contribution >= 4 is 17.7 Å². The second-order valence-electron chi connectivity index (χ2n) is 5.31. The van der Waals surface area contributed by atoms with E-state index < -0.39 is 5.97 Å². The van der Waals surface area contributed by atoms with Crippen LogP contribution in [0.1, 0.15) is 32.1 Å². The summed E-state index contributed by atoms with van der Waals surface area (Å²) in [6.07, 6.45) is 7.31. The van der Waals surface area contributed by atoms with Crippen molar-refractivity contribution in [3.8, 4) is 0 Å². The molecule has 2 fully saturated rings. The third-order valence-electron chi connectivity index (χ3n) is 3.93. The molecule has 4 nitrogen and oxygen atoms in total. The molecular weight excluding hydrogens is 236 g/mol. The standard InChI is InChI=1S/C12H22N2O2S/c1-17-10-4-2-9(3-5-10)14-12(6-11(15)16)7-13-8-12/h9-10,13-14H,2-8H2,1H3,(H,15,16). The summed E-state index contributed by atoms with van der Waals surface area (Å²) >= 11 is 1.96. The lowest BCUT2D eigenvalue weighted by Gasteiger charge is -2.46. The van der Waals surface area contributed by atoms with Gasteiger partial charge in [-0.25, -0.2) is 0 Å². The minimum atomic E-state index is -0.697. The van der Waals surface area contributed by atoms with Gasteiger partial charge < -0.3 is 15.7 Å². The van der Waals surface area contributed by atoms with Crippen molar-refractivity contribution in [3.05, 3.63) is 0 Å². The van der Waals surface area contributed by atoms with Gasteiger partial charge in [0.2, 0.25) is 0 Å². The van der Waals surface area contributed by atoms with Gasteiger partial charge in [-0.3, -0.25) is 4.79 Å². The fourth-order valence-corrected chi connectivity index (χ4v) is 3.61. The van der Waals surface area contributed by atoms with Gasteiger partial charge in [0.15, 0.2) is 0 Å². The van der Waals surface area contributed by atoms with Crippen LogP contribution in [-0.2, 0) is 4.79 Å². The average Bonchev–Trinajstić information content (AvgIpc) is 2.26. The number of carbonyl (C=O) groups is 1. The molecule has 0 aromatic rings. The summed E-state index contributed by atoms with van der Waals surface area (Å²) in [5, 5.41) is 16.5. The third kappa shape index (κ3) is 3.36. The minimum absolute atomic E-state index is 0.178. The van der Waals surface area contributed by atoms with Crippen molar-refractivity contribution in [3.63, 3.8) is 0 Å². The van der Waals surface area contributed by atoms with Crippen LogP contribution in [0.2, 0.25) is 0 Å². The van der Waals surface area contributed by atoms with Gasteiger partial charge in [0.25, 0.3) is 0 Å². The Morgan fingerprint density at radius 1 is 1.41 bits per heavy atom. The van der Waals surface area contributed by atoms with Crippen LogP contribution in [0, 0.1) is 0 Å². The summed E-state index contributed by atoms with van der Waals surface area (Å²) in [5.41, 5.74) is -0.178. The van der Waals surface area contributed by atoms with Crippen LogP contribution in [-0.4, -0.2) is 47.3 Å². The Morgan fingerprint density at radius 3 is 2.47 bits per heavy atom. The predicted molar refractivity (Wildman–Crippen MR) is 70.5 cm³/mol. The molecule has 0 aromatic carbocycles. The molecule has 0 radical (unpaired) electrons. The van der Waals surface area contributed by atoms with E-state index >= 15 is 0 Å². The minimum Gasteiger partial charge on any atom is -0.481 e. The molecule has 1 saturated carbocycles. The van der Waals surface area contributed by atoms with Gasteiger partial charge in [-0.1, -0.05) is 0 Å². The Balaban J connectivity index is 1.81. The summed E-state index contributed by atoms with van der Waals surface area (Å²) in [6, 6.07) is 0.514. The highest BCUT2D eigenvalue weighted by Crippen LogP contribution is 2.29. The number of thioether (sulfide) groups is 1. The topological polar surface area (TPSA) is 61.4 Å². The van der Waals surface area contributed by atoms with E-state index in [2.05, 4.69) is 16.9 Å². The van der Waals surface area contributed by atoms with E-state index in [1.54, 1.807) is 0 Å². The zero-order valence-corrected chi connectivity index (χ0v) is 11.2. The highest BCUT2D eigenvalue weighted by atomic mass is 32.2. The molecule has 0 unspecified atom stereocenters. The van der Waals surface area contributed by atoms with Gasteiger partial charge in [0, 0.05) is 24.4 Å². The molecule has 1 heterocycles. The molecule has 0 atom stereocenters. The van der Waals surface area contributed by atoms with E-state index in [-0.39, 0.29) is 12.0 Å². The fraction of sp³-hybridized carbons (Fsp3) is 0.917. The zero-order valence-electron chi connectivity index (χ0n) is 10.4. The van der Waals surface area contributed by atoms with Crippen LogP contribution >= 0.6 is 11.8 Å². The molecule has 1 aliphatic heterocycles. The van der Waals surface area contributed by atoms with Crippen molar-refractivity contribution in [1.82, 2.24) is 10.6 Å². The first-order valence-electron chi connectivity index (χ1n) is 6.36. The van der Waals surface area contributed by atoms with Crippen molar-refractivity contribution in [1.29, 1.82) is 0 Å². The highest BCUT2D eigenvalue weighted by molar-refractivity contribution is 7.99. The lowest BCUT2D eigenvalue weighted by molar-refractivity contribution is -0.139. The molecule has 2 aliphatic rings. The lowest BCUT2D eigenvalue weighted by atomic mass is 9.85. The van der Waals surface area contributed by atoms with Crippen molar-refractivity contribution in [2.75, 3.05) is 19.3 Å². The maximum Gasteiger partial charge on any atom is 0.305 e. The number of hydrogen-bond acceptors (Lipinski definition) is 4. The maximum atomic E-state index is 10.9. The molecule has 2 rings (SSSR count). The Morgan fingerprint density at radius 2 is 2.06 bits per heavy atom. The first-order valence-corrected chi connectivity index (χ1v) is 7.65. The van der Waals surface area contributed by atoms with Crippen LogP contribution in [0.4, 0.5) is 0 Å². The van der Waals surface area contributed by atoms with Crippen molar-refractivity contribution in [2.24, 2.45) is 0 Å². The summed E-state index contributed by atoms with van der Waals surface area (Å²) in [5.74, 6) is -0.697. The first kappa shape index (κ1) is 13.2. The van der Waals surface area contributed by atoms with Crippen molar-refractivity contribution in [2.45, 2.75) is 48.9 Å². The number of hydrogen-bond donors (Lipinski definition) is 3. The second kappa shape index (κ2) is 5.59. The molecule has 0 amide bonds. The summed E-state index contributed by atoms with van der Waals surface area (Å²) in [7, 11) is 0. The van der Waals surface area contributed by atoms with E-state index in [9.17, 15) is 4.79 Å². The molecule has 0 bridgehead atoms. The normalized spacial score (nSPS) is 31.8. The molecular formula is C12H22N2O2S. The van der Waals surface area contributed by atoms with E-state index in [0.717, 1.165) is 18.3 Å². The number of aliphatic carboxylic acids is 1. The SMILES string of the molecule is CSC1CCC(NC2(CC(=O)O)CNC2)CC1. The van der Waals surface area contributed by atoms with Crippen LogP contribution in [0.3, 0.4) is 0 Å². The van der Waals surface area contributed by atoms with Gasteiger partial charge >= 0.3 is 5.97 Å². The van der Waals surface area contributed by atoms with Crippen LogP contribution in [0.5, 0.6) is 0 Å². The van der Waals surface area contributed by atoms with Crippen LogP contribution in [0.15, 0.2) is 0 Å². The zero-order chi connectivity index (χ0) is 12.3. The van der Waals surface area contributed by atoms with Gasteiger partial charge in [-0.15, -0.1) is 0 Å². The second-order valence-corrected chi connectivity index (χ2v) is 6.45. The van der Waals surface area contributed by atoms with Gasteiger partial charge in [0.1, 0.15) is 0 Å². The Kier molecular flexibility index (Phi) is 4.33. The molecule has 3 N–H and O–H groups in total. The van der Waals surface area contributed by atoms with E-state index in [0.29, 0.717) is 6.04 Å². The molecule has 1 saturated heterocycles. The Hall–Kier alpha value is -0.260. The third-order valence-corrected chi connectivity index (χ3v) is 5.07. The number of rotatable bonds is 5. The number of nitrogens with one attached hydrogen (secondary N) is 2. The Bertz CT molecular complexity index is 274. The molecule has 1 aliphatic carbocycles. The molecule has 0 aromatic heterocycles. The summed E-state index contributed by atoms with van der Waals surface area (Å²) < 4.78 is 0. The van der Waals surface area contributed by atoms with E-state index in [1.165, 1.54) is 25.7 Å². The van der Waals surface area contributed by atoms with Gasteiger partial charge in [-0.05, 0) is 31.9 Å². The van der Waals surface area contributed by atoms with Gasteiger partial charge in [0.05, 0.1) is 12.0 Å². The molecule has 5 heteroatoms. The fourth-order valence-electron chi connectivity index (χ4n) is 2.87. The average molecular weight is 258 g/mol. The number of carboxylic acids is 1. The largest absolute Gasteiger partial charge is 0.481 e. The van der Waals surface area contributed by atoms with Gasteiger partial charge in [-0.2, -0.15) is 11.8 Å². The molecule has 0 spiro atoms. The summed E-state index contributed by atoms with van der Waals surface area (Å²) in [6.45, 7) is 1.59. The smallest absolute Gasteiger partial charge is 0.305 e. The Labute approximate surface area is 107 Å². The highest BCUT2D eigenvalue weighted by Gasteiger charge is 2.40. The molecule has 98 valence electrons. The summed E-state index contributed by atoms with van der Waals surface area (Å²) in [4.78, 5) is 10.9. The van der Waals surface area contributed by atoms with Crippen LogP contribution < -0.4 is 10.6 Å². The lowest BCUT2D eigenvalue weighted by Crippen LogP contribution is -2.70.